The van der Waals surface area contributed by atoms with Gasteiger partial charge in [0.2, 0.25) is 5.91 Å². The zero-order valence-corrected chi connectivity index (χ0v) is 23.2. The molecule has 7 nitrogen and oxygen atoms in total. The molecule has 2 aromatic heterocycles. The molecule has 2 atom stereocenters. The molecule has 1 saturated heterocycles. The van der Waals surface area contributed by atoms with Gasteiger partial charge in [-0.25, -0.2) is 4.39 Å². The summed E-state index contributed by atoms with van der Waals surface area (Å²) >= 11 is 12.5. The second-order valence-corrected chi connectivity index (χ2v) is 10.1. The number of anilines is 2. The number of rotatable bonds is 7. The van der Waals surface area contributed by atoms with Crippen molar-refractivity contribution in [1.29, 1.82) is 0 Å². The minimum Gasteiger partial charge on any atom is -0.375 e. The molecule has 5 rings (SSSR count). The summed E-state index contributed by atoms with van der Waals surface area (Å²) in [6.07, 6.45) is 1.75. The number of nitrogens with one attached hydrogen (secondary N) is 2. The highest BCUT2D eigenvalue weighted by atomic mass is 35.5. The number of thiocarbonyl (C=S) groups is 1. The first-order valence-electron chi connectivity index (χ1n) is 12.3. The Morgan fingerprint density at radius 2 is 1.95 bits per heavy atom. The van der Waals surface area contributed by atoms with Gasteiger partial charge >= 0.3 is 0 Å². The highest BCUT2D eigenvalue weighted by Crippen LogP contribution is 2.44. The number of ether oxygens (including phenoxy) is 1. The number of carbonyl (C=O) groups is 1. The van der Waals surface area contributed by atoms with E-state index in [1.807, 2.05) is 53.6 Å². The van der Waals surface area contributed by atoms with Crippen LogP contribution in [0.3, 0.4) is 0 Å². The molecule has 2 N–H and O–H groups in total. The molecule has 10 heteroatoms. The van der Waals surface area contributed by atoms with Crippen molar-refractivity contribution in [3.8, 4) is 5.69 Å². The average molecular weight is 564 g/mol. The van der Waals surface area contributed by atoms with Crippen molar-refractivity contribution in [1.82, 2.24) is 14.9 Å². The fourth-order valence-electron chi connectivity index (χ4n) is 5.12. The van der Waals surface area contributed by atoms with E-state index in [2.05, 4.69) is 21.7 Å². The predicted molar refractivity (Wildman–Crippen MR) is 155 cm³/mol. The van der Waals surface area contributed by atoms with Crippen molar-refractivity contribution in [3.05, 3.63) is 106 Å². The van der Waals surface area contributed by atoms with E-state index in [4.69, 9.17) is 28.6 Å². The highest BCUT2D eigenvalue weighted by Gasteiger charge is 2.42. The lowest BCUT2D eigenvalue weighted by Crippen LogP contribution is -2.29. The average Bonchev–Trinajstić information content (AvgIpc) is 3.40. The van der Waals surface area contributed by atoms with Gasteiger partial charge < -0.3 is 24.8 Å². The molecule has 1 aliphatic heterocycles. The summed E-state index contributed by atoms with van der Waals surface area (Å²) in [5.41, 5.74) is 5.72. The van der Waals surface area contributed by atoms with E-state index in [0.29, 0.717) is 15.8 Å². The number of aromatic nitrogens is 2. The van der Waals surface area contributed by atoms with Gasteiger partial charge in [-0.15, -0.1) is 0 Å². The molecule has 4 aromatic rings. The smallest absolute Gasteiger partial charge is 0.250 e. The van der Waals surface area contributed by atoms with Crippen LogP contribution in [-0.2, 0) is 9.53 Å². The van der Waals surface area contributed by atoms with E-state index in [0.717, 1.165) is 34.0 Å². The SMILES string of the molecule is COCC(=O)Nc1ccc(N2C(=S)N[C@H](c3ccccn3)[C@H]2c2cc(C)n(-c3cccc(F)c3)c2C)cc1Cl. The fraction of sp³-hybridized carbons (Fsp3) is 0.207. The number of carbonyl (C=O) groups excluding carboxylic acids is 1. The number of halogens is 2. The number of benzene rings is 2. The molecule has 0 unspecified atom stereocenters. The molecule has 200 valence electrons. The Morgan fingerprint density at radius 3 is 2.64 bits per heavy atom. The largest absolute Gasteiger partial charge is 0.375 e. The first-order valence-corrected chi connectivity index (χ1v) is 13.1. The molecule has 2 aromatic carbocycles. The third kappa shape index (κ3) is 5.25. The highest BCUT2D eigenvalue weighted by molar-refractivity contribution is 7.80. The first-order chi connectivity index (χ1) is 18.8. The van der Waals surface area contributed by atoms with Gasteiger partial charge in [-0.3, -0.25) is 9.78 Å². The zero-order valence-electron chi connectivity index (χ0n) is 21.6. The molecule has 0 radical (unpaired) electrons. The van der Waals surface area contributed by atoms with Crippen LogP contribution in [0.15, 0.2) is 72.9 Å². The molecule has 0 saturated carbocycles. The van der Waals surface area contributed by atoms with Crippen LogP contribution in [0.4, 0.5) is 15.8 Å². The summed E-state index contributed by atoms with van der Waals surface area (Å²) in [5.74, 6) is -0.603. The van der Waals surface area contributed by atoms with Gasteiger partial charge in [0.15, 0.2) is 5.11 Å². The monoisotopic (exact) mass is 563 g/mol. The molecular weight excluding hydrogens is 537 g/mol. The van der Waals surface area contributed by atoms with Crippen LogP contribution in [0, 0.1) is 19.7 Å². The summed E-state index contributed by atoms with van der Waals surface area (Å²) in [5, 5.41) is 7.08. The number of hydrogen-bond donors (Lipinski definition) is 2. The molecule has 1 fully saturated rings. The van der Waals surface area contributed by atoms with Gasteiger partial charge in [-0.05, 0) is 86.2 Å². The second kappa shape index (κ2) is 11.1. The molecule has 39 heavy (non-hydrogen) atoms. The number of aryl methyl sites for hydroxylation is 1. The van der Waals surface area contributed by atoms with Gasteiger partial charge in [0, 0.05) is 36.1 Å². The van der Waals surface area contributed by atoms with E-state index >= 15 is 0 Å². The van der Waals surface area contributed by atoms with Crippen LogP contribution in [-0.4, -0.2) is 34.3 Å². The number of nitrogens with zero attached hydrogens (tertiary/aromatic N) is 3. The Balaban J connectivity index is 1.61. The lowest BCUT2D eigenvalue weighted by Gasteiger charge is -2.28. The van der Waals surface area contributed by atoms with Crippen LogP contribution in [0.2, 0.25) is 5.02 Å². The normalized spacial score (nSPS) is 16.8. The molecule has 3 heterocycles. The molecule has 0 bridgehead atoms. The maximum Gasteiger partial charge on any atom is 0.250 e. The first kappa shape index (κ1) is 26.8. The predicted octanol–water partition coefficient (Wildman–Crippen LogP) is 6.04. The van der Waals surface area contributed by atoms with Crippen LogP contribution < -0.4 is 15.5 Å². The number of methoxy groups -OCH3 is 1. The third-order valence-corrected chi connectivity index (χ3v) is 7.36. The van der Waals surface area contributed by atoms with Crippen molar-refractivity contribution in [2.45, 2.75) is 25.9 Å². The number of hydrogen-bond acceptors (Lipinski definition) is 4. The van der Waals surface area contributed by atoms with Gasteiger partial charge in [0.25, 0.3) is 0 Å². The van der Waals surface area contributed by atoms with Crippen molar-refractivity contribution < 1.29 is 13.9 Å². The number of amides is 1. The number of pyridine rings is 1. The summed E-state index contributed by atoms with van der Waals surface area (Å²) in [6.45, 7) is 3.94. The van der Waals surface area contributed by atoms with Crippen molar-refractivity contribution in [3.63, 3.8) is 0 Å². The van der Waals surface area contributed by atoms with Crippen molar-refractivity contribution in [2.24, 2.45) is 0 Å². The zero-order chi connectivity index (χ0) is 27.7. The molecule has 1 aliphatic rings. The van der Waals surface area contributed by atoms with Crippen LogP contribution >= 0.6 is 23.8 Å². The summed E-state index contributed by atoms with van der Waals surface area (Å²) in [6, 6.07) is 19.2. The lowest BCUT2D eigenvalue weighted by molar-refractivity contribution is -0.119. The maximum absolute atomic E-state index is 14.1. The van der Waals surface area contributed by atoms with Gasteiger partial charge in [-0.1, -0.05) is 23.7 Å². The van der Waals surface area contributed by atoms with Gasteiger partial charge in [0.1, 0.15) is 12.4 Å². The van der Waals surface area contributed by atoms with Crippen molar-refractivity contribution in [2.75, 3.05) is 23.9 Å². The fourth-order valence-corrected chi connectivity index (χ4v) is 5.69. The Morgan fingerprint density at radius 1 is 1.13 bits per heavy atom. The lowest BCUT2D eigenvalue weighted by atomic mass is 9.96. The van der Waals surface area contributed by atoms with E-state index in [1.165, 1.54) is 19.2 Å². The Kier molecular flexibility index (Phi) is 7.65. The van der Waals surface area contributed by atoms with Crippen LogP contribution in [0.25, 0.3) is 5.69 Å². The van der Waals surface area contributed by atoms with E-state index in [1.54, 1.807) is 24.4 Å². The Bertz CT molecular complexity index is 1540. The van der Waals surface area contributed by atoms with Gasteiger partial charge in [-0.2, -0.15) is 0 Å². The molecule has 0 aliphatic carbocycles. The molecule has 1 amide bonds. The van der Waals surface area contributed by atoms with Gasteiger partial charge in [0.05, 0.1) is 28.5 Å². The Hall–Kier alpha value is -3.79. The molecule has 0 spiro atoms. The standard InChI is InChI=1S/C29H27ClFN5O2S/c1-17-13-22(18(2)35(17)20-8-6-7-19(31)14-20)28-27(25-9-4-5-12-32-25)34-29(39)36(28)21-10-11-24(23(30)15-21)33-26(37)16-38-3/h4-15,27-28H,16H2,1-3H3,(H,33,37)(H,34,39)/t27-,28-/m1/s1. The van der Waals surface area contributed by atoms with E-state index in [9.17, 15) is 9.18 Å². The van der Waals surface area contributed by atoms with E-state index < -0.39 is 0 Å². The second-order valence-electron chi connectivity index (χ2n) is 9.28. The third-order valence-electron chi connectivity index (χ3n) is 6.73. The summed E-state index contributed by atoms with van der Waals surface area (Å²) < 4.78 is 21.1. The summed E-state index contributed by atoms with van der Waals surface area (Å²) in [7, 11) is 1.45. The minimum atomic E-state index is -0.302. The van der Waals surface area contributed by atoms with Crippen LogP contribution in [0.5, 0.6) is 0 Å². The maximum atomic E-state index is 14.1. The molecular formula is C29H27ClFN5O2S. The van der Waals surface area contributed by atoms with E-state index in [-0.39, 0.29) is 30.4 Å². The topological polar surface area (TPSA) is 71.4 Å². The van der Waals surface area contributed by atoms with Crippen molar-refractivity contribution >= 4 is 46.2 Å². The van der Waals surface area contributed by atoms with Crippen LogP contribution in [0.1, 0.15) is 34.7 Å². The summed E-state index contributed by atoms with van der Waals surface area (Å²) in [4.78, 5) is 18.7. The quantitative estimate of drug-likeness (QED) is 0.267. The minimum absolute atomic E-state index is 0.0764. The Labute approximate surface area is 236 Å².